The van der Waals surface area contributed by atoms with E-state index in [1.54, 1.807) is 0 Å². The predicted octanol–water partition coefficient (Wildman–Crippen LogP) is -3.24. The number of aliphatic hydroxyl groups is 3. The van der Waals surface area contributed by atoms with E-state index in [1.165, 1.54) is 0 Å². The first kappa shape index (κ1) is 20.7. The molecular weight excluding hydrogens is 322 g/mol. The standard InChI is InChI=1S/C14H27N3O7/c15-8(14(23)17-5-3-11(19)20)2-1-4-16-6-10-13(22)12(21)9(18)7-24-10/h8-10,12-13,16,18,21-22H,1-7,15H2,(H,17,23)(H,19,20)/t8-,9+,10?,12+,13+/m0/s1. The van der Waals surface area contributed by atoms with Crippen molar-refractivity contribution in [2.24, 2.45) is 5.73 Å². The van der Waals surface area contributed by atoms with Crippen LogP contribution in [0, 0.1) is 0 Å². The first-order valence-corrected chi connectivity index (χ1v) is 7.94. The van der Waals surface area contributed by atoms with Gasteiger partial charge in [-0.1, -0.05) is 0 Å². The van der Waals surface area contributed by atoms with Gasteiger partial charge in [0.1, 0.15) is 18.3 Å². The molecule has 1 aliphatic heterocycles. The molecular formula is C14H27N3O7. The summed E-state index contributed by atoms with van der Waals surface area (Å²) in [4.78, 5) is 21.9. The summed E-state index contributed by atoms with van der Waals surface area (Å²) in [5.74, 6) is -1.38. The van der Waals surface area contributed by atoms with E-state index in [4.69, 9.17) is 15.6 Å². The number of nitrogens with one attached hydrogen (secondary N) is 2. The average molecular weight is 349 g/mol. The Kier molecular flexibility index (Phi) is 9.11. The molecule has 0 bridgehead atoms. The topological polar surface area (TPSA) is 174 Å². The fourth-order valence-electron chi connectivity index (χ4n) is 2.29. The fraction of sp³-hybridized carbons (Fsp3) is 0.857. The lowest BCUT2D eigenvalue weighted by Crippen LogP contribution is -2.55. The van der Waals surface area contributed by atoms with E-state index < -0.39 is 36.4 Å². The zero-order chi connectivity index (χ0) is 18.1. The third-order valence-electron chi connectivity index (χ3n) is 3.80. The Bertz CT molecular complexity index is 410. The Morgan fingerprint density at radius 3 is 2.58 bits per heavy atom. The number of ether oxygens (including phenoxy) is 1. The van der Waals surface area contributed by atoms with Crippen molar-refractivity contribution in [3.05, 3.63) is 0 Å². The molecule has 0 aromatic heterocycles. The van der Waals surface area contributed by atoms with Gasteiger partial charge in [-0.25, -0.2) is 0 Å². The minimum atomic E-state index is -1.23. The van der Waals surface area contributed by atoms with Crippen LogP contribution >= 0.6 is 0 Å². The number of hydrogen-bond acceptors (Lipinski definition) is 8. The Morgan fingerprint density at radius 2 is 1.92 bits per heavy atom. The molecule has 1 amide bonds. The molecule has 0 spiro atoms. The van der Waals surface area contributed by atoms with E-state index in [0.717, 1.165) is 0 Å². The van der Waals surface area contributed by atoms with Gasteiger partial charge in [0.25, 0.3) is 0 Å². The number of amides is 1. The van der Waals surface area contributed by atoms with Gasteiger partial charge in [-0.2, -0.15) is 0 Å². The van der Waals surface area contributed by atoms with Crippen LogP contribution in [0.2, 0.25) is 0 Å². The summed E-state index contributed by atoms with van der Waals surface area (Å²) in [7, 11) is 0. The van der Waals surface area contributed by atoms with Crippen molar-refractivity contribution in [3.63, 3.8) is 0 Å². The van der Waals surface area contributed by atoms with Gasteiger partial charge in [0.2, 0.25) is 5.91 Å². The Morgan fingerprint density at radius 1 is 1.21 bits per heavy atom. The minimum absolute atomic E-state index is 0.0358. The molecule has 140 valence electrons. The van der Waals surface area contributed by atoms with Gasteiger partial charge in [-0.3, -0.25) is 9.59 Å². The van der Waals surface area contributed by atoms with Gasteiger partial charge in [0, 0.05) is 13.1 Å². The summed E-state index contributed by atoms with van der Waals surface area (Å²) in [6.07, 6.45) is -3.23. The van der Waals surface area contributed by atoms with E-state index in [1.807, 2.05) is 0 Å². The third kappa shape index (κ3) is 7.07. The monoisotopic (exact) mass is 349 g/mol. The molecule has 1 aliphatic rings. The lowest BCUT2D eigenvalue weighted by atomic mass is 10.00. The molecule has 0 radical (unpaired) electrons. The number of carbonyl (C=O) groups excluding carboxylic acids is 1. The number of aliphatic hydroxyl groups excluding tert-OH is 3. The molecule has 5 atom stereocenters. The second-order valence-electron chi connectivity index (χ2n) is 5.81. The summed E-state index contributed by atoms with van der Waals surface area (Å²) < 4.78 is 5.24. The highest BCUT2D eigenvalue weighted by Gasteiger charge is 2.36. The fourth-order valence-corrected chi connectivity index (χ4v) is 2.29. The smallest absolute Gasteiger partial charge is 0.305 e. The molecule has 24 heavy (non-hydrogen) atoms. The first-order chi connectivity index (χ1) is 11.3. The van der Waals surface area contributed by atoms with Crippen LogP contribution in [0.1, 0.15) is 19.3 Å². The largest absolute Gasteiger partial charge is 0.481 e. The molecule has 1 heterocycles. The molecule has 1 unspecified atom stereocenters. The number of aliphatic carboxylic acids is 1. The van der Waals surface area contributed by atoms with Crippen LogP contribution in [0.3, 0.4) is 0 Å². The molecule has 10 nitrogen and oxygen atoms in total. The van der Waals surface area contributed by atoms with Crippen LogP contribution in [-0.2, 0) is 14.3 Å². The molecule has 0 saturated carbocycles. The van der Waals surface area contributed by atoms with Crippen LogP contribution < -0.4 is 16.4 Å². The first-order valence-electron chi connectivity index (χ1n) is 7.94. The van der Waals surface area contributed by atoms with Crippen molar-refractivity contribution in [1.82, 2.24) is 10.6 Å². The maximum atomic E-state index is 11.6. The average Bonchev–Trinajstić information content (AvgIpc) is 2.53. The molecule has 1 rings (SSSR count). The van der Waals surface area contributed by atoms with Crippen molar-refractivity contribution in [1.29, 1.82) is 0 Å². The van der Waals surface area contributed by atoms with Gasteiger partial charge in [0.15, 0.2) is 0 Å². The lowest BCUT2D eigenvalue weighted by Gasteiger charge is -2.35. The molecule has 0 aromatic rings. The molecule has 1 saturated heterocycles. The van der Waals surface area contributed by atoms with Gasteiger partial charge in [0.05, 0.1) is 25.2 Å². The Hall–Kier alpha value is -1.30. The summed E-state index contributed by atoms with van der Waals surface area (Å²) in [6.45, 7) is 0.837. The second-order valence-corrected chi connectivity index (χ2v) is 5.81. The maximum absolute atomic E-state index is 11.6. The van der Waals surface area contributed by atoms with E-state index in [2.05, 4.69) is 10.6 Å². The van der Waals surface area contributed by atoms with Crippen molar-refractivity contribution in [2.45, 2.75) is 49.7 Å². The van der Waals surface area contributed by atoms with Crippen LogP contribution in [0.4, 0.5) is 0 Å². The summed E-state index contributed by atoms with van der Waals surface area (Å²) >= 11 is 0. The van der Waals surface area contributed by atoms with Gasteiger partial charge < -0.3 is 41.5 Å². The highest BCUT2D eigenvalue weighted by Crippen LogP contribution is 2.14. The highest BCUT2D eigenvalue weighted by atomic mass is 16.5. The van der Waals surface area contributed by atoms with Crippen LogP contribution in [0.5, 0.6) is 0 Å². The molecule has 0 aromatic carbocycles. The number of hydrogen-bond donors (Lipinski definition) is 7. The number of carbonyl (C=O) groups is 2. The number of nitrogens with two attached hydrogens (primary N) is 1. The summed E-state index contributed by atoms with van der Waals surface area (Å²) in [5, 5.41) is 42.6. The number of carboxylic acids is 1. The van der Waals surface area contributed by atoms with Gasteiger partial charge >= 0.3 is 5.97 Å². The minimum Gasteiger partial charge on any atom is -0.481 e. The van der Waals surface area contributed by atoms with Crippen LogP contribution in [0.15, 0.2) is 0 Å². The highest BCUT2D eigenvalue weighted by molar-refractivity contribution is 5.81. The summed E-state index contributed by atoms with van der Waals surface area (Å²) in [5.41, 5.74) is 5.70. The van der Waals surface area contributed by atoms with Gasteiger partial charge in [-0.15, -0.1) is 0 Å². The van der Waals surface area contributed by atoms with Crippen molar-refractivity contribution in [3.8, 4) is 0 Å². The molecule has 1 fully saturated rings. The van der Waals surface area contributed by atoms with E-state index >= 15 is 0 Å². The SMILES string of the molecule is N[C@@H](CCCNCC1OC[C@@H](O)[C@@H](O)[C@@H]1O)C(=O)NCCC(=O)O. The predicted molar refractivity (Wildman–Crippen MR) is 83.1 cm³/mol. The van der Waals surface area contributed by atoms with Crippen LogP contribution in [0.25, 0.3) is 0 Å². The van der Waals surface area contributed by atoms with E-state index in [9.17, 15) is 24.9 Å². The Balaban J connectivity index is 2.11. The third-order valence-corrected chi connectivity index (χ3v) is 3.80. The maximum Gasteiger partial charge on any atom is 0.305 e. The number of carboxylic acid groups (broad SMARTS) is 1. The van der Waals surface area contributed by atoms with Crippen molar-refractivity contribution in [2.75, 3.05) is 26.2 Å². The van der Waals surface area contributed by atoms with Crippen LogP contribution in [-0.4, -0.2) is 89.0 Å². The molecule has 8 N–H and O–H groups in total. The van der Waals surface area contributed by atoms with Crippen molar-refractivity contribution >= 4 is 11.9 Å². The molecule has 10 heteroatoms. The Labute approximate surface area is 140 Å². The zero-order valence-electron chi connectivity index (χ0n) is 13.4. The summed E-state index contributed by atoms with van der Waals surface area (Å²) in [6, 6.07) is -0.714. The normalized spacial score (nSPS) is 28.3. The zero-order valence-corrected chi connectivity index (χ0v) is 13.4. The van der Waals surface area contributed by atoms with E-state index in [-0.39, 0.29) is 25.5 Å². The number of rotatable bonds is 10. The lowest BCUT2D eigenvalue weighted by molar-refractivity contribution is -0.185. The van der Waals surface area contributed by atoms with Gasteiger partial charge in [-0.05, 0) is 19.4 Å². The van der Waals surface area contributed by atoms with Crippen molar-refractivity contribution < 1.29 is 34.8 Å². The quantitative estimate of drug-likeness (QED) is 0.200. The van der Waals surface area contributed by atoms with E-state index in [0.29, 0.717) is 25.9 Å². The molecule has 0 aliphatic carbocycles. The second kappa shape index (κ2) is 10.5.